The Labute approximate surface area is 105 Å². The smallest absolute Gasteiger partial charge is 0.123 e. The molecule has 0 heterocycles. The van der Waals surface area contributed by atoms with E-state index in [4.69, 9.17) is 5.73 Å². The van der Waals surface area contributed by atoms with Gasteiger partial charge in [-0.15, -0.1) is 0 Å². The van der Waals surface area contributed by atoms with Gasteiger partial charge in [0, 0.05) is 5.69 Å². The Morgan fingerprint density at radius 2 is 1.44 bits per heavy atom. The Bertz CT molecular complexity index is 719. The van der Waals surface area contributed by atoms with Crippen LogP contribution in [0.3, 0.4) is 0 Å². The first-order chi connectivity index (χ1) is 8.72. The summed E-state index contributed by atoms with van der Waals surface area (Å²) in [5.41, 5.74) is 8.38. The van der Waals surface area contributed by atoms with Crippen molar-refractivity contribution in [3.05, 3.63) is 66.5 Å². The topological polar surface area (TPSA) is 26.0 Å². The number of fused-ring (bicyclic) bond motifs is 1. The zero-order valence-electron chi connectivity index (χ0n) is 9.73. The van der Waals surface area contributed by atoms with Gasteiger partial charge < -0.3 is 5.73 Å². The van der Waals surface area contributed by atoms with Crippen molar-refractivity contribution in [1.82, 2.24) is 0 Å². The van der Waals surface area contributed by atoms with Crippen molar-refractivity contribution in [2.75, 3.05) is 5.73 Å². The molecule has 1 nitrogen and oxygen atoms in total. The molecule has 18 heavy (non-hydrogen) atoms. The van der Waals surface area contributed by atoms with Crippen molar-refractivity contribution in [3.63, 3.8) is 0 Å². The lowest BCUT2D eigenvalue weighted by molar-refractivity contribution is 0.628. The highest BCUT2D eigenvalue weighted by Crippen LogP contribution is 2.26. The van der Waals surface area contributed by atoms with Crippen LogP contribution in [0.1, 0.15) is 0 Å². The largest absolute Gasteiger partial charge is 0.399 e. The highest BCUT2D eigenvalue weighted by atomic mass is 19.1. The lowest BCUT2D eigenvalue weighted by Crippen LogP contribution is -1.85. The summed E-state index contributed by atoms with van der Waals surface area (Å²) in [6, 6.07) is 18.4. The zero-order valence-corrected chi connectivity index (χ0v) is 9.73. The summed E-state index contributed by atoms with van der Waals surface area (Å²) in [6.45, 7) is 0. The molecule has 3 aromatic carbocycles. The molecule has 3 aromatic rings. The maximum Gasteiger partial charge on any atom is 0.123 e. The minimum absolute atomic E-state index is 0.218. The normalized spacial score (nSPS) is 10.7. The Kier molecular flexibility index (Phi) is 2.49. The van der Waals surface area contributed by atoms with Crippen molar-refractivity contribution in [2.24, 2.45) is 0 Å². The van der Waals surface area contributed by atoms with Gasteiger partial charge in [0.2, 0.25) is 0 Å². The molecule has 0 aromatic heterocycles. The summed E-state index contributed by atoms with van der Waals surface area (Å²) < 4.78 is 13.2. The van der Waals surface area contributed by atoms with Gasteiger partial charge in [-0.2, -0.15) is 0 Å². The van der Waals surface area contributed by atoms with E-state index in [1.165, 1.54) is 6.07 Å². The first-order valence-electron chi connectivity index (χ1n) is 5.78. The standard InChI is InChI=1S/C16H12FN/c17-15-3-1-2-11(9-15)12-4-5-14-10-16(18)7-6-13(14)8-12/h1-10H,18H2. The summed E-state index contributed by atoms with van der Waals surface area (Å²) >= 11 is 0. The number of nitrogens with two attached hydrogens (primary N) is 1. The summed E-state index contributed by atoms with van der Waals surface area (Å²) in [4.78, 5) is 0. The van der Waals surface area contributed by atoms with Crippen molar-refractivity contribution in [1.29, 1.82) is 0 Å². The predicted octanol–water partition coefficient (Wildman–Crippen LogP) is 4.23. The summed E-state index contributed by atoms with van der Waals surface area (Å²) in [5, 5.41) is 2.20. The number of hydrogen-bond donors (Lipinski definition) is 1. The SMILES string of the molecule is Nc1ccc2cc(-c3cccc(F)c3)ccc2c1. The number of rotatable bonds is 1. The molecular formula is C16H12FN. The van der Waals surface area contributed by atoms with E-state index in [1.807, 2.05) is 42.5 Å². The Morgan fingerprint density at radius 1 is 0.722 bits per heavy atom. The summed E-state index contributed by atoms with van der Waals surface area (Å²) in [6.07, 6.45) is 0. The van der Waals surface area contributed by atoms with Gasteiger partial charge in [0.1, 0.15) is 5.82 Å². The van der Waals surface area contributed by atoms with Crippen molar-refractivity contribution < 1.29 is 4.39 Å². The first kappa shape index (κ1) is 10.8. The molecule has 0 saturated heterocycles. The van der Waals surface area contributed by atoms with E-state index >= 15 is 0 Å². The fourth-order valence-corrected chi connectivity index (χ4v) is 2.11. The molecule has 0 aliphatic rings. The Morgan fingerprint density at radius 3 is 2.28 bits per heavy atom. The van der Waals surface area contributed by atoms with Gasteiger partial charge in [0.05, 0.1) is 0 Å². The molecular weight excluding hydrogens is 225 g/mol. The molecule has 88 valence electrons. The van der Waals surface area contributed by atoms with E-state index < -0.39 is 0 Å². The Balaban J connectivity index is 2.16. The molecule has 0 aliphatic carbocycles. The summed E-state index contributed by atoms with van der Waals surface area (Å²) in [5.74, 6) is -0.218. The van der Waals surface area contributed by atoms with Gasteiger partial charge in [0.25, 0.3) is 0 Å². The maximum atomic E-state index is 13.2. The second-order valence-corrected chi connectivity index (χ2v) is 4.33. The van der Waals surface area contributed by atoms with Crippen molar-refractivity contribution >= 4 is 16.5 Å². The van der Waals surface area contributed by atoms with Crippen molar-refractivity contribution in [2.45, 2.75) is 0 Å². The lowest BCUT2D eigenvalue weighted by Gasteiger charge is -2.05. The van der Waals surface area contributed by atoms with Gasteiger partial charge in [-0.25, -0.2) is 4.39 Å². The van der Waals surface area contributed by atoms with E-state index in [2.05, 4.69) is 0 Å². The number of hydrogen-bond acceptors (Lipinski definition) is 1. The van der Waals surface area contributed by atoms with E-state index in [1.54, 1.807) is 12.1 Å². The molecule has 2 N–H and O–H groups in total. The molecule has 0 atom stereocenters. The van der Waals surface area contributed by atoms with E-state index in [0.29, 0.717) is 0 Å². The van der Waals surface area contributed by atoms with E-state index in [-0.39, 0.29) is 5.82 Å². The fourth-order valence-electron chi connectivity index (χ4n) is 2.11. The first-order valence-corrected chi connectivity index (χ1v) is 5.78. The van der Waals surface area contributed by atoms with Crippen LogP contribution in [0.4, 0.5) is 10.1 Å². The lowest BCUT2D eigenvalue weighted by atomic mass is 10.0. The van der Waals surface area contributed by atoms with Gasteiger partial charge in [-0.05, 0) is 52.2 Å². The molecule has 0 bridgehead atoms. The Hall–Kier alpha value is -2.35. The molecule has 0 saturated carbocycles. The van der Waals surface area contributed by atoms with Crippen molar-refractivity contribution in [3.8, 4) is 11.1 Å². The second kappa shape index (κ2) is 4.15. The molecule has 0 aliphatic heterocycles. The monoisotopic (exact) mass is 237 g/mol. The second-order valence-electron chi connectivity index (χ2n) is 4.33. The van der Waals surface area contributed by atoms with E-state index in [0.717, 1.165) is 27.6 Å². The number of nitrogen functional groups attached to an aromatic ring is 1. The highest BCUT2D eigenvalue weighted by Gasteiger charge is 2.01. The molecule has 0 fully saturated rings. The fraction of sp³-hybridized carbons (Fsp3) is 0. The van der Waals surface area contributed by atoms with Crippen LogP contribution in [-0.4, -0.2) is 0 Å². The molecule has 0 spiro atoms. The minimum Gasteiger partial charge on any atom is -0.399 e. The number of anilines is 1. The van der Waals surface area contributed by atoms with Crippen LogP contribution in [0.2, 0.25) is 0 Å². The third-order valence-corrected chi connectivity index (χ3v) is 3.02. The van der Waals surface area contributed by atoms with Gasteiger partial charge in [0.15, 0.2) is 0 Å². The molecule has 3 rings (SSSR count). The van der Waals surface area contributed by atoms with Crippen LogP contribution in [0, 0.1) is 5.82 Å². The van der Waals surface area contributed by atoms with E-state index in [9.17, 15) is 4.39 Å². The van der Waals surface area contributed by atoms with Gasteiger partial charge in [-0.3, -0.25) is 0 Å². The summed E-state index contributed by atoms with van der Waals surface area (Å²) in [7, 11) is 0. The van der Waals surface area contributed by atoms with Crippen LogP contribution in [0.25, 0.3) is 21.9 Å². The quantitative estimate of drug-likeness (QED) is 0.630. The highest BCUT2D eigenvalue weighted by molar-refractivity contribution is 5.89. The minimum atomic E-state index is -0.218. The number of halogens is 1. The maximum absolute atomic E-state index is 13.2. The van der Waals surface area contributed by atoms with Crippen LogP contribution in [0.15, 0.2) is 60.7 Å². The number of benzene rings is 3. The van der Waals surface area contributed by atoms with Crippen LogP contribution >= 0.6 is 0 Å². The molecule has 0 amide bonds. The van der Waals surface area contributed by atoms with Gasteiger partial charge >= 0.3 is 0 Å². The average Bonchev–Trinajstić information content (AvgIpc) is 2.38. The van der Waals surface area contributed by atoms with Gasteiger partial charge in [-0.1, -0.05) is 30.3 Å². The molecule has 2 heteroatoms. The molecule has 0 radical (unpaired) electrons. The van der Waals surface area contributed by atoms with Crippen LogP contribution < -0.4 is 5.73 Å². The average molecular weight is 237 g/mol. The zero-order chi connectivity index (χ0) is 12.5. The van der Waals surface area contributed by atoms with Crippen LogP contribution in [0.5, 0.6) is 0 Å². The third kappa shape index (κ3) is 1.93. The van der Waals surface area contributed by atoms with Crippen LogP contribution in [-0.2, 0) is 0 Å². The third-order valence-electron chi connectivity index (χ3n) is 3.02. The predicted molar refractivity (Wildman–Crippen MR) is 73.8 cm³/mol. The molecule has 0 unspecified atom stereocenters.